The van der Waals surface area contributed by atoms with Crippen LogP contribution in [0.25, 0.3) is 0 Å². The van der Waals surface area contributed by atoms with Crippen molar-refractivity contribution < 1.29 is 9.59 Å². The van der Waals surface area contributed by atoms with Crippen LogP contribution < -0.4 is 0 Å². The summed E-state index contributed by atoms with van der Waals surface area (Å²) >= 11 is 3.54. The highest BCUT2D eigenvalue weighted by Crippen LogP contribution is 2.38. The number of thiophene rings is 2. The first-order valence-electron chi connectivity index (χ1n) is 10.4. The molecule has 1 aromatic carbocycles. The lowest BCUT2D eigenvalue weighted by atomic mass is 9.93. The number of carbonyl (C=O) groups is 2. The van der Waals surface area contributed by atoms with E-state index in [-0.39, 0.29) is 30.7 Å². The molecule has 0 bridgehead atoms. The van der Waals surface area contributed by atoms with Gasteiger partial charge in [0.05, 0.1) is 6.04 Å². The van der Waals surface area contributed by atoms with E-state index in [1.54, 1.807) is 22.7 Å². The molecular weight excluding hydrogens is 412 g/mol. The highest BCUT2D eigenvalue weighted by Gasteiger charge is 2.33. The van der Waals surface area contributed by atoms with E-state index in [0.717, 1.165) is 24.9 Å². The molecule has 30 heavy (non-hydrogen) atoms. The van der Waals surface area contributed by atoms with Crippen LogP contribution in [0.1, 0.15) is 45.3 Å². The summed E-state index contributed by atoms with van der Waals surface area (Å²) in [5.41, 5.74) is 3.63. The van der Waals surface area contributed by atoms with Gasteiger partial charge in [-0.25, -0.2) is 0 Å². The fourth-order valence-electron chi connectivity index (χ4n) is 4.56. The molecule has 0 fully saturated rings. The summed E-state index contributed by atoms with van der Waals surface area (Å²) in [6.45, 7) is 2.15. The number of hydrogen-bond donors (Lipinski definition) is 0. The number of amides is 2. The lowest BCUT2D eigenvalue weighted by Crippen LogP contribution is -2.41. The number of rotatable bonds is 4. The van der Waals surface area contributed by atoms with Crippen molar-refractivity contribution in [1.82, 2.24) is 9.80 Å². The van der Waals surface area contributed by atoms with Gasteiger partial charge in [-0.05, 0) is 52.4 Å². The highest BCUT2D eigenvalue weighted by atomic mass is 32.1. The van der Waals surface area contributed by atoms with Crippen LogP contribution in [0.2, 0.25) is 0 Å². The smallest absolute Gasteiger partial charge is 0.223 e. The van der Waals surface area contributed by atoms with Crippen molar-refractivity contribution in [1.29, 1.82) is 0 Å². The van der Waals surface area contributed by atoms with Crippen molar-refractivity contribution in [2.24, 2.45) is 0 Å². The molecule has 2 amide bonds. The fourth-order valence-corrected chi connectivity index (χ4v) is 6.35. The van der Waals surface area contributed by atoms with E-state index in [1.165, 1.54) is 20.9 Å². The molecular formula is C24H24N2O2S2. The zero-order valence-electron chi connectivity index (χ0n) is 16.8. The monoisotopic (exact) mass is 436 g/mol. The van der Waals surface area contributed by atoms with E-state index < -0.39 is 0 Å². The molecule has 6 heteroatoms. The van der Waals surface area contributed by atoms with Gasteiger partial charge in [-0.3, -0.25) is 9.59 Å². The third kappa shape index (κ3) is 3.70. The molecule has 0 spiro atoms. The Morgan fingerprint density at radius 1 is 0.867 bits per heavy atom. The van der Waals surface area contributed by atoms with Crippen LogP contribution in [-0.2, 0) is 29.0 Å². The van der Waals surface area contributed by atoms with E-state index in [2.05, 4.69) is 35.0 Å². The average molecular weight is 437 g/mol. The summed E-state index contributed by atoms with van der Waals surface area (Å²) in [5, 5.41) is 4.22. The van der Waals surface area contributed by atoms with Gasteiger partial charge in [0.1, 0.15) is 0 Å². The Hall–Kier alpha value is -2.44. The molecule has 4 heterocycles. The third-order valence-corrected chi connectivity index (χ3v) is 8.13. The average Bonchev–Trinajstić information content (AvgIpc) is 3.45. The van der Waals surface area contributed by atoms with Crippen LogP contribution in [0.3, 0.4) is 0 Å². The minimum Gasteiger partial charge on any atom is -0.338 e. The molecule has 1 unspecified atom stereocenters. The van der Waals surface area contributed by atoms with Crippen molar-refractivity contribution in [2.75, 3.05) is 13.1 Å². The molecule has 154 valence electrons. The van der Waals surface area contributed by atoms with Crippen LogP contribution >= 0.6 is 22.7 Å². The number of fused-ring (bicyclic) bond motifs is 2. The van der Waals surface area contributed by atoms with Crippen LogP contribution in [-0.4, -0.2) is 34.7 Å². The maximum Gasteiger partial charge on any atom is 0.223 e. The summed E-state index contributed by atoms with van der Waals surface area (Å²) in [4.78, 5) is 32.6. The molecule has 0 saturated heterocycles. The molecule has 3 aromatic rings. The number of benzene rings is 1. The first kappa shape index (κ1) is 19.5. The predicted molar refractivity (Wildman–Crippen MR) is 121 cm³/mol. The van der Waals surface area contributed by atoms with E-state index in [9.17, 15) is 9.59 Å². The number of carbonyl (C=O) groups excluding carboxylic acids is 2. The van der Waals surface area contributed by atoms with Gasteiger partial charge >= 0.3 is 0 Å². The summed E-state index contributed by atoms with van der Waals surface area (Å²) in [6, 6.07) is 14.4. The molecule has 2 aliphatic heterocycles. The zero-order chi connectivity index (χ0) is 20.5. The Morgan fingerprint density at radius 3 is 2.47 bits per heavy atom. The lowest BCUT2D eigenvalue weighted by Gasteiger charge is -2.36. The second-order valence-electron chi connectivity index (χ2n) is 7.88. The first-order valence-corrected chi connectivity index (χ1v) is 12.2. The predicted octanol–water partition coefficient (Wildman–Crippen LogP) is 4.65. The van der Waals surface area contributed by atoms with E-state index >= 15 is 0 Å². The lowest BCUT2D eigenvalue weighted by molar-refractivity contribution is -0.138. The second kappa shape index (κ2) is 8.36. The molecule has 4 nitrogen and oxygen atoms in total. The van der Waals surface area contributed by atoms with E-state index in [4.69, 9.17) is 0 Å². The van der Waals surface area contributed by atoms with Gasteiger partial charge in [-0.2, -0.15) is 0 Å². The first-order chi connectivity index (χ1) is 14.7. The number of hydrogen-bond acceptors (Lipinski definition) is 4. The van der Waals surface area contributed by atoms with Gasteiger partial charge in [0.25, 0.3) is 0 Å². The van der Waals surface area contributed by atoms with Crippen LogP contribution in [0.5, 0.6) is 0 Å². The van der Waals surface area contributed by atoms with Crippen molar-refractivity contribution in [3.8, 4) is 0 Å². The fraction of sp³-hybridized carbons (Fsp3) is 0.333. The molecule has 0 saturated carbocycles. The quantitative estimate of drug-likeness (QED) is 0.597. The molecule has 5 rings (SSSR count). The maximum absolute atomic E-state index is 13.2. The van der Waals surface area contributed by atoms with Crippen LogP contribution in [0.15, 0.2) is 53.2 Å². The minimum atomic E-state index is -0.0489. The maximum atomic E-state index is 13.2. The van der Waals surface area contributed by atoms with E-state index in [1.807, 2.05) is 28.0 Å². The minimum absolute atomic E-state index is 0.0489. The third-order valence-electron chi connectivity index (χ3n) is 6.11. The van der Waals surface area contributed by atoms with Crippen LogP contribution in [0.4, 0.5) is 0 Å². The molecule has 1 atom stereocenters. The Bertz CT molecular complexity index is 1060. The summed E-state index contributed by atoms with van der Waals surface area (Å²) < 4.78 is 0. The van der Waals surface area contributed by atoms with Gasteiger partial charge in [0.2, 0.25) is 11.8 Å². The van der Waals surface area contributed by atoms with Crippen molar-refractivity contribution in [3.63, 3.8) is 0 Å². The Balaban J connectivity index is 1.28. The molecule has 0 N–H and O–H groups in total. The normalized spacial score (nSPS) is 18.1. The molecule has 0 aliphatic carbocycles. The largest absolute Gasteiger partial charge is 0.338 e. The standard InChI is InChI=1S/C24H24N2O2S2/c27-22(25-12-8-20-18(16-25)10-14-29-20)6-7-23(28)26-13-9-21-19(11-15-30-21)24(26)17-4-2-1-3-5-17/h1-5,10-11,14-15,24H,6-9,12-13,16H2. The number of nitrogens with zero attached hydrogens (tertiary/aromatic N) is 2. The highest BCUT2D eigenvalue weighted by molar-refractivity contribution is 7.10. The Labute approximate surface area is 184 Å². The Morgan fingerprint density at radius 2 is 1.60 bits per heavy atom. The van der Waals surface area contributed by atoms with Gasteiger partial charge in [-0.1, -0.05) is 30.3 Å². The van der Waals surface area contributed by atoms with Crippen molar-refractivity contribution in [3.05, 3.63) is 79.7 Å². The second-order valence-corrected chi connectivity index (χ2v) is 9.89. The van der Waals surface area contributed by atoms with Crippen molar-refractivity contribution >= 4 is 34.5 Å². The van der Waals surface area contributed by atoms with Gasteiger partial charge in [0, 0.05) is 42.2 Å². The topological polar surface area (TPSA) is 40.6 Å². The molecule has 2 aromatic heterocycles. The van der Waals surface area contributed by atoms with Gasteiger partial charge in [0.15, 0.2) is 0 Å². The van der Waals surface area contributed by atoms with Crippen LogP contribution in [0, 0.1) is 0 Å². The van der Waals surface area contributed by atoms with Gasteiger partial charge < -0.3 is 9.80 Å². The van der Waals surface area contributed by atoms with Gasteiger partial charge in [-0.15, -0.1) is 22.7 Å². The molecule has 0 radical (unpaired) electrons. The summed E-state index contributed by atoms with van der Waals surface area (Å²) in [7, 11) is 0. The molecule has 2 aliphatic rings. The summed E-state index contributed by atoms with van der Waals surface area (Å²) in [5.74, 6) is 0.159. The van der Waals surface area contributed by atoms with Crippen molar-refractivity contribution in [2.45, 2.75) is 38.3 Å². The summed E-state index contributed by atoms with van der Waals surface area (Å²) in [6.07, 6.45) is 2.38. The Kier molecular flexibility index (Phi) is 5.44. The van der Waals surface area contributed by atoms with E-state index in [0.29, 0.717) is 13.1 Å². The SMILES string of the molecule is O=C(CCC(=O)N1CCc2sccc2C1c1ccccc1)N1CCc2sccc2C1. The zero-order valence-corrected chi connectivity index (χ0v) is 18.4.